The third-order valence-corrected chi connectivity index (χ3v) is 7.36. The fourth-order valence-electron chi connectivity index (χ4n) is 3.27. The Morgan fingerprint density at radius 2 is 1.86 bits per heavy atom. The Balaban J connectivity index is 1.56. The highest BCUT2D eigenvalue weighted by Crippen LogP contribution is 2.39. The predicted octanol–water partition coefficient (Wildman–Crippen LogP) is 7.78. The molecule has 0 aliphatic carbocycles. The predicted molar refractivity (Wildman–Crippen MR) is 153 cm³/mol. The maximum atomic E-state index is 12.6. The van der Waals surface area contributed by atoms with Crippen LogP contribution in [-0.4, -0.2) is 17.7 Å². The van der Waals surface area contributed by atoms with E-state index in [0.717, 1.165) is 20.3 Å². The van der Waals surface area contributed by atoms with Crippen molar-refractivity contribution in [1.29, 1.82) is 0 Å². The highest BCUT2D eigenvalue weighted by Gasteiger charge is 2.24. The standard InChI is InChI=1S/C26H21Cl2IN2O3S/c1-3-33-22-12-17(11-20(28)24(22)34-14-16-7-9-18(29)10-8-16)13-23-25(32)31-26(35-23)30-21-6-4-5-19(27)15(21)2/h4-13H,3,14H2,1-2H3,(H,30,31,32)/b23-13+. The summed E-state index contributed by atoms with van der Waals surface area (Å²) >= 11 is 16.3. The first-order valence-corrected chi connectivity index (χ1v) is 13.4. The number of aliphatic imine (C=N–C) groups is 1. The maximum Gasteiger partial charge on any atom is 0.264 e. The minimum absolute atomic E-state index is 0.235. The van der Waals surface area contributed by atoms with E-state index in [1.54, 1.807) is 18.2 Å². The Bertz CT molecular complexity index is 1330. The van der Waals surface area contributed by atoms with Gasteiger partial charge < -0.3 is 14.8 Å². The Hall–Kier alpha value is -2.20. The number of nitrogens with one attached hydrogen (secondary N) is 1. The molecule has 180 valence electrons. The van der Waals surface area contributed by atoms with Crippen molar-refractivity contribution in [3.8, 4) is 11.5 Å². The number of carbonyl (C=O) groups is 1. The number of ether oxygens (including phenoxy) is 2. The van der Waals surface area contributed by atoms with Crippen molar-refractivity contribution in [3.05, 3.63) is 89.8 Å². The van der Waals surface area contributed by atoms with Gasteiger partial charge in [-0.3, -0.25) is 4.79 Å². The number of nitrogens with zero attached hydrogens (tertiary/aromatic N) is 1. The van der Waals surface area contributed by atoms with Crippen LogP contribution in [0.15, 0.2) is 64.5 Å². The summed E-state index contributed by atoms with van der Waals surface area (Å²) in [5.41, 5.74) is 3.30. The number of carbonyl (C=O) groups excluding carboxylic acids is 1. The van der Waals surface area contributed by atoms with Gasteiger partial charge in [-0.2, -0.15) is 0 Å². The van der Waals surface area contributed by atoms with Crippen molar-refractivity contribution in [2.75, 3.05) is 6.61 Å². The van der Waals surface area contributed by atoms with Crippen LogP contribution in [-0.2, 0) is 11.4 Å². The summed E-state index contributed by atoms with van der Waals surface area (Å²) in [4.78, 5) is 17.6. The monoisotopic (exact) mass is 638 g/mol. The van der Waals surface area contributed by atoms with Gasteiger partial charge in [0.2, 0.25) is 0 Å². The van der Waals surface area contributed by atoms with Crippen LogP contribution in [0, 0.1) is 10.5 Å². The summed E-state index contributed by atoms with van der Waals surface area (Å²) in [6.45, 7) is 4.58. The van der Waals surface area contributed by atoms with Crippen LogP contribution in [0.1, 0.15) is 23.6 Å². The van der Waals surface area contributed by atoms with Crippen LogP contribution in [0.25, 0.3) is 6.08 Å². The van der Waals surface area contributed by atoms with Crippen LogP contribution in [0.3, 0.4) is 0 Å². The van der Waals surface area contributed by atoms with E-state index in [1.807, 2.05) is 56.3 Å². The molecule has 4 rings (SSSR count). The summed E-state index contributed by atoms with van der Waals surface area (Å²) in [6, 6.07) is 17.1. The maximum absolute atomic E-state index is 12.6. The summed E-state index contributed by atoms with van der Waals surface area (Å²) in [7, 11) is 0. The first-order valence-electron chi connectivity index (χ1n) is 10.7. The van der Waals surface area contributed by atoms with Gasteiger partial charge in [-0.15, -0.1) is 0 Å². The summed E-state index contributed by atoms with van der Waals surface area (Å²) < 4.78 is 13.0. The van der Waals surface area contributed by atoms with Crippen LogP contribution in [0.4, 0.5) is 5.69 Å². The quantitative estimate of drug-likeness (QED) is 0.212. The van der Waals surface area contributed by atoms with E-state index in [2.05, 4.69) is 32.9 Å². The average molecular weight is 639 g/mol. The molecule has 35 heavy (non-hydrogen) atoms. The number of benzene rings is 3. The molecule has 0 radical (unpaired) electrons. The largest absolute Gasteiger partial charge is 0.490 e. The molecule has 9 heteroatoms. The van der Waals surface area contributed by atoms with E-state index in [-0.39, 0.29) is 5.91 Å². The zero-order valence-electron chi connectivity index (χ0n) is 18.9. The highest BCUT2D eigenvalue weighted by atomic mass is 127. The molecule has 1 heterocycles. The van der Waals surface area contributed by atoms with Gasteiger partial charge in [-0.1, -0.05) is 41.4 Å². The average Bonchev–Trinajstić information content (AvgIpc) is 3.16. The molecule has 0 bridgehead atoms. The molecule has 1 N–H and O–H groups in total. The van der Waals surface area contributed by atoms with Crippen molar-refractivity contribution in [1.82, 2.24) is 5.32 Å². The molecule has 0 spiro atoms. The van der Waals surface area contributed by atoms with Gasteiger partial charge >= 0.3 is 0 Å². The second-order valence-electron chi connectivity index (χ2n) is 7.54. The molecule has 0 unspecified atom stereocenters. The van der Waals surface area contributed by atoms with Gasteiger partial charge in [0.05, 0.1) is 22.2 Å². The lowest BCUT2D eigenvalue weighted by molar-refractivity contribution is -0.115. The number of rotatable bonds is 7. The molecule has 0 atom stereocenters. The third kappa shape index (κ3) is 6.52. The molecule has 1 amide bonds. The molecular weight excluding hydrogens is 618 g/mol. The minimum atomic E-state index is -0.235. The van der Waals surface area contributed by atoms with Gasteiger partial charge in [0, 0.05) is 8.59 Å². The number of halogens is 3. The number of hydrogen-bond acceptors (Lipinski definition) is 5. The normalized spacial score (nSPS) is 15.5. The lowest BCUT2D eigenvalue weighted by Crippen LogP contribution is -2.19. The smallest absolute Gasteiger partial charge is 0.264 e. The molecule has 1 fully saturated rings. The Morgan fingerprint density at radius 1 is 1.09 bits per heavy atom. The number of amides is 1. The minimum Gasteiger partial charge on any atom is -0.490 e. The zero-order chi connectivity index (χ0) is 24.9. The van der Waals surface area contributed by atoms with Gasteiger partial charge in [0.25, 0.3) is 5.91 Å². The van der Waals surface area contributed by atoms with E-state index in [9.17, 15) is 4.79 Å². The Labute approximate surface area is 232 Å². The Kier molecular flexibility index (Phi) is 8.64. The second-order valence-corrected chi connectivity index (χ2v) is 10.6. The zero-order valence-corrected chi connectivity index (χ0v) is 23.4. The summed E-state index contributed by atoms with van der Waals surface area (Å²) in [6.07, 6.45) is 1.75. The van der Waals surface area contributed by atoms with Crippen molar-refractivity contribution >= 4 is 80.4 Å². The van der Waals surface area contributed by atoms with Crippen LogP contribution < -0.4 is 14.8 Å². The highest BCUT2D eigenvalue weighted by molar-refractivity contribution is 14.1. The van der Waals surface area contributed by atoms with Gasteiger partial charge in [0.1, 0.15) is 6.61 Å². The lowest BCUT2D eigenvalue weighted by Gasteiger charge is -2.15. The number of thioether (sulfide) groups is 1. The molecule has 5 nitrogen and oxygen atoms in total. The van der Waals surface area contributed by atoms with Crippen molar-refractivity contribution in [2.45, 2.75) is 20.5 Å². The van der Waals surface area contributed by atoms with Crippen molar-refractivity contribution in [3.63, 3.8) is 0 Å². The summed E-state index contributed by atoms with van der Waals surface area (Å²) in [5.74, 6) is 0.752. The molecule has 1 aliphatic rings. The number of amidine groups is 1. The second kappa shape index (κ2) is 11.7. The van der Waals surface area contributed by atoms with Crippen molar-refractivity contribution in [2.24, 2.45) is 4.99 Å². The van der Waals surface area contributed by atoms with E-state index in [0.29, 0.717) is 50.5 Å². The fraction of sp³-hybridized carbons (Fsp3) is 0.154. The topological polar surface area (TPSA) is 59.9 Å². The number of hydrogen-bond donors (Lipinski definition) is 1. The molecule has 1 saturated heterocycles. The van der Waals surface area contributed by atoms with Crippen molar-refractivity contribution < 1.29 is 14.3 Å². The first-order chi connectivity index (χ1) is 16.8. The SMILES string of the molecule is CCOc1cc(/C=C2/SC(=Nc3cccc(Cl)c3C)NC2=O)cc(Cl)c1OCc1ccc(I)cc1. The van der Waals surface area contributed by atoms with E-state index in [1.165, 1.54) is 11.8 Å². The van der Waals surface area contributed by atoms with Gasteiger partial charge in [0.15, 0.2) is 16.7 Å². The first kappa shape index (κ1) is 25.9. The van der Waals surface area contributed by atoms with E-state index < -0.39 is 0 Å². The lowest BCUT2D eigenvalue weighted by atomic mass is 10.1. The molecule has 3 aromatic carbocycles. The third-order valence-electron chi connectivity index (χ3n) is 5.04. The van der Waals surface area contributed by atoms with Crippen LogP contribution in [0.2, 0.25) is 10.0 Å². The van der Waals surface area contributed by atoms with E-state index >= 15 is 0 Å². The Morgan fingerprint density at radius 3 is 2.60 bits per heavy atom. The van der Waals surface area contributed by atoms with Gasteiger partial charge in [-0.05, 0) is 107 Å². The summed E-state index contributed by atoms with van der Waals surface area (Å²) in [5, 5.41) is 4.31. The van der Waals surface area contributed by atoms with Crippen LogP contribution in [0.5, 0.6) is 11.5 Å². The van der Waals surface area contributed by atoms with E-state index in [4.69, 9.17) is 32.7 Å². The van der Waals surface area contributed by atoms with Gasteiger partial charge in [-0.25, -0.2) is 4.99 Å². The molecule has 0 saturated carbocycles. The fourth-order valence-corrected chi connectivity index (χ4v) is 4.91. The van der Waals surface area contributed by atoms with Crippen LogP contribution >= 0.6 is 57.6 Å². The molecule has 3 aromatic rings. The molecule has 0 aromatic heterocycles. The molecule has 1 aliphatic heterocycles. The molecular formula is C26H21Cl2IN2O3S.